The van der Waals surface area contributed by atoms with E-state index in [9.17, 15) is 0 Å². The minimum absolute atomic E-state index is 0.532. The molecule has 4 rings (SSSR count). The minimum Gasteiger partial charge on any atom is -0.0622 e. The molecule has 0 spiro atoms. The van der Waals surface area contributed by atoms with E-state index in [0.717, 1.165) is 18.8 Å². The maximum atomic E-state index is 2.38. The van der Waals surface area contributed by atoms with E-state index in [0.29, 0.717) is 5.92 Å². The summed E-state index contributed by atoms with van der Waals surface area (Å²) < 4.78 is 0. The molecule has 3 aromatic carbocycles. The highest BCUT2D eigenvalue weighted by Gasteiger charge is 2.34. The molecule has 0 nitrogen and oxygen atoms in total. The zero-order valence-corrected chi connectivity index (χ0v) is 16.5. The molecule has 1 fully saturated rings. The summed E-state index contributed by atoms with van der Waals surface area (Å²) in [6.07, 6.45) is 4.80. The lowest BCUT2D eigenvalue weighted by Gasteiger charge is -2.25. The molecule has 0 N–H and O–H groups in total. The maximum absolute atomic E-state index is 2.38. The first-order valence-electron chi connectivity index (χ1n) is 10.3. The van der Waals surface area contributed by atoms with Crippen LogP contribution in [0.25, 0.3) is 0 Å². The van der Waals surface area contributed by atoms with Crippen molar-refractivity contribution < 1.29 is 0 Å². The van der Waals surface area contributed by atoms with Crippen LogP contribution in [-0.2, 0) is 12.8 Å². The molecule has 0 heteroatoms. The Bertz CT molecular complexity index is 857. The third kappa shape index (κ3) is 4.33. The smallest absolute Gasteiger partial charge is 0.0127 e. The fourth-order valence-electron chi connectivity index (χ4n) is 4.25. The van der Waals surface area contributed by atoms with Crippen molar-refractivity contribution in [3.8, 4) is 0 Å². The van der Waals surface area contributed by atoms with Crippen LogP contribution in [0, 0.1) is 11.8 Å². The van der Waals surface area contributed by atoms with Crippen LogP contribution in [0.4, 0.5) is 0 Å². The molecule has 0 aromatic heterocycles. The molecule has 0 heterocycles. The van der Waals surface area contributed by atoms with Crippen LogP contribution in [0.15, 0.2) is 78.9 Å². The highest BCUT2D eigenvalue weighted by Crippen LogP contribution is 2.46. The summed E-state index contributed by atoms with van der Waals surface area (Å²) in [6, 6.07) is 28.8. The Balaban J connectivity index is 1.71. The molecular formula is C27H29. The van der Waals surface area contributed by atoms with Gasteiger partial charge in [-0.15, -0.1) is 0 Å². The highest BCUT2D eigenvalue weighted by molar-refractivity contribution is 5.49. The summed E-state index contributed by atoms with van der Waals surface area (Å²) in [5, 5.41) is 0. The van der Waals surface area contributed by atoms with Gasteiger partial charge in [0.1, 0.15) is 0 Å². The van der Waals surface area contributed by atoms with Gasteiger partial charge in [0.2, 0.25) is 0 Å². The van der Waals surface area contributed by atoms with Crippen LogP contribution in [0.1, 0.15) is 60.4 Å². The Kier molecular flexibility index (Phi) is 5.43. The molecule has 3 aromatic rings. The number of hydrogen-bond donors (Lipinski definition) is 0. The van der Waals surface area contributed by atoms with E-state index in [2.05, 4.69) is 92.7 Å². The van der Waals surface area contributed by atoms with Crippen molar-refractivity contribution >= 4 is 0 Å². The van der Waals surface area contributed by atoms with E-state index in [4.69, 9.17) is 0 Å². The third-order valence-corrected chi connectivity index (χ3v) is 5.66. The maximum Gasteiger partial charge on any atom is 0.0127 e. The molecule has 27 heavy (non-hydrogen) atoms. The van der Waals surface area contributed by atoms with E-state index in [1.807, 2.05) is 0 Å². The summed E-state index contributed by atoms with van der Waals surface area (Å²) in [7, 11) is 0. The molecule has 0 bridgehead atoms. The predicted octanol–water partition coefficient (Wildman–Crippen LogP) is 6.98. The standard InChI is InChI=1S/C27H29/c1-20(2)27-24(18-21-10-5-3-6-11-21)14-9-15-25(27)26(23-16-17-23)19-22-12-7-4-8-13-22/h3-15,20,23H,16-19H2,1-2H3. The quantitative estimate of drug-likeness (QED) is 0.430. The SMILES string of the molecule is CC(C)c1c(Cc2ccccc2)cccc1[C](Cc1ccccc1)C1CC1. The molecule has 1 radical (unpaired) electrons. The van der Waals surface area contributed by atoms with Crippen molar-refractivity contribution in [2.45, 2.75) is 45.4 Å². The number of benzene rings is 3. The van der Waals surface area contributed by atoms with E-state index in [1.54, 1.807) is 11.5 Å². The lowest BCUT2D eigenvalue weighted by Crippen LogP contribution is -2.12. The summed E-state index contributed by atoms with van der Waals surface area (Å²) >= 11 is 0. The fourth-order valence-corrected chi connectivity index (χ4v) is 4.25. The highest BCUT2D eigenvalue weighted by atomic mass is 14.4. The predicted molar refractivity (Wildman–Crippen MR) is 115 cm³/mol. The molecule has 1 aliphatic rings. The van der Waals surface area contributed by atoms with Gasteiger partial charge in [-0.2, -0.15) is 0 Å². The largest absolute Gasteiger partial charge is 0.0622 e. The van der Waals surface area contributed by atoms with Crippen molar-refractivity contribution in [1.82, 2.24) is 0 Å². The molecule has 0 atom stereocenters. The Morgan fingerprint density at radius 2 is 1.41 bits per heavy atom. The Morgan fingerprint density at radius 1 is 0.778 bits per heavy atom. The molecule has 1 aliphatic carbocycles. The zero-order chi connectivity index (χ0) is 18.6. The van der Waals surface area contributed by atoms with Crippen LogP contribution in [-0.4, -0.2) is 0 Å². The monoisotopic (exact) mass is 353 g/mol. The number of hydrogen-bond acceptors (Lipinski definition) is 0. The summed E-state index contributed by atoms with van der Waals surface area (Å²) in [6.45, 7) is 4.70. The Labute approximate surface area is 164 Å². The van der Waals surface area contributed by atoms with E-state index < -0.39 is 0 Å². The van der Waals surface area contributed by atoms with E-state index in [-0.39, 0.29) is 0 Å². The molecule has 1 saturated carbocycles. The second-order valence-electron chi connectivity index (χ2n) is 8.16. The second kappa shape index (κ2) is 8.13. The summed E-state index contributed by atoms with van der Waals surface area (Å²) in [5.74, 6) is 2.96. The van der Waals surface area contributed by atoms with Crippen LogP contribution in [0.3, 0.4) is 0 Å². The first-order valence-corrected chi connectivity index (χ1v) is 10.3. The lowest BCUT2D eigenvalue weighted by atomic mass is 9.79. The first-order chi connectivity index (χ1) is 13.2. The molecular weight excluding hydrogens is 324 g/mol. The second-order valence-corrected chi connectivity index (χ2v) is 8.16. The van der Waals surface area contributed by atoms with Crippen LogP contribution >= 0.6 is 0 Å². The van der Waals surface area contributed by atoms with Crippen LogP contribution < -0.4 is 0 Å². The van der Waals surface area contributed by atoms with Gasteiger partial charge < -0.3 is 0 Å². The fraction of sp³-hybridized carbons (Fsp3) is 0.296. The van der Waals surface area contributed by atoms with Gasteiger partial charge in [-0.25, -0.2) is 0 Å². The first kappa shape index (κ1) is 18.0. The zero-order valence-electron chi connectivity index (χ0n) is 16.5. The molecule has 0 aliphatic heterocycles. The average Bonchev–Trinajstić information content (AvgIpc) is 3.52. The average molecular weight is 354 g/mol. The van der Waals surface area contributed by atoms with Gasteiger partial charge in [-0.05, 0) is 65.3 Å². The van der Waals surface area contributed by atoms with E-state index >= 15 is 0 Å². The van der Waals surface area contributed by atoms with Gasteiger partial charge in [0.25, 0.3) is 0 Å². The number of rotatable bonds is 7. The van der Waals surface area contributed by atoms with E-state index in [1.165, 1.54) is 35.1 Å². The molecule has 0 saturated heterocycles. The van der Waals surface area contributed by atoms with Gasteiger partial charge in [0.15, 0.2) is 0 Å². The van der Waals surface area contributed by atoms with Crippen LogP contribution in [0.5, 0.6) is 0 Å². The van der Waals surface area contributed by atoms with Gasteiger partial charge in [-0.3, -0.25) is 0 Å². The van der Waals surface area contributed by atoms with Crippen molar-refractivity contribution in [2.24, 2.45) is 5.92 Å². The topological polar surface area (TPSA) is 0 Å². The van der Waals surface area contributed by atoms with Crippen LogP contribution in [0.2, 0.25) is 0 Å². The van der Waals surface area contributed by atoms with Crippen molar-refractivity contribution in [2.75, 3.05) is 0 Å². The van der Waals surface area contributed by atoms with Gasteiger partial charge in [0.05, 0.1) is 0 Å². The third-order valence-electron chi connectivity index (χ3n) is 5.66. The summed E-state index contributed by atoms with van der Waals surface area (Å²) in [5.41, 5.74) is 7.39. The Hall–Kier alpha value is -2.34. The summed E-state index contributed by atoms with van der Waals surface area (Å²) in [4.78, 5) is 0. The lowest BCUT2D eigenvalue weighted by molar-refractivity contribution is 0.767. The van der Waals surface area contributed by atoms with Gasteiger partial charge >= 0.3 is 0 Å². The molecule has 0 unspecified atom stereocenters. The minimum atomic E-state index is 0.532. The van der Waals surface area contributed by atoms with Gasteiger partial charge in [0, 0.05) is 5.92 Å². The van der Waals surface area contributed by atoms with Crippen molar-refractivity contribution in [1.29, 1.82) is 0 Å². The van der Waals surface area contributed by atoms with Crippen molar-refractivity contribution in [3.63, 3.8) is 0 Å². The molecule has 0 amide bonds. The molecule has 137 valence electrons. The normalized spacial score (nSPS) is 14.1. The van der Waals surface area contributed by atoms with Gasteiger partial charge in [-0.1, -0.05) is 92.7 Å². The Morgan fingerprint density at radius 3 is 2.00 bits per heavy atom. The van der Waals surface area contributed by atoms with Crippen molar-refractivity contribution in [3.05, 3.63) is 113 Å².